The normalized spacial score (nSPS) is 10.7. The Bertz CT molecular complexity index is 849. The van der Waals surface area contributed by atoms with Crippen molar-refractivity contribution in [3.63, 3.8) is 0 Å². The zero-order valence-corrected chi connectivity index (χ0v) is 12.6. The fraction of sp³-hybridized carbons (Fsp3) is 0.200. The third kappa shape index (κ3) is 3.61. The van der Waals surface area contributed by atoms with E-state index >= 15 is 0 Å². The highest BCUT2D eigenvalue weighted by Crippen LogP contribution is 2.18. The highest BCUT2D eigenvalue weighted by molar-refractivity contribution is 5.73. The molecule has 0 aliphatic rings. The van der Waals surface area contributed by atoms with E-state index in [0.29, 0.717) is 33.9 Å². The number of fused-ring (bicyclic) bond motifs is 1. The summed E-state index contributed by atoms with van der Waals surface area (Å²) in [6.45, 7) is 1.28. The van der Waals surface area contributed by atoms with E-state index < -0.39 is 0 Å². The first kappa shape index (κ1) is 14.9. The first-order valence-corrected chi connectivity index (χ1v) is 7.17. The van der Waals surface area contributed by atoms with Crippen molar-refractivity contribution < 1.29 is 9.28 Å². The number of pyridine rings is 1. The van der Waals surface area contributed by atoms with Gasteiger partial charge in [0.25, 0.3) is 5.95 Å². The lowest BCUT2D eigenvalue weighted by molar-refractivity contribution is -0.535. The largest absolute Gasteiger partial charge is 0.492 e. The molecule has 0 atom stereocenters. The van der Waals surface area contributed by atoms with Crippen LogP contribution in [0.5, 0.6) is 5.75 Å². The zero-order valence-electron chi connectivity index (χ0n) is 12.6. The van der Waals surface area contributed by atoms with Gasteiger partial charge in [0, 0.05) is 24.9 Å². The second kappa shape index (κ2) is 6.84. The van der Waals surface area contributed by atoms with Gasteiger partial charge in [-0.25, -0.2) is 4.98 Å². The van der Waals surface area contributed by atoms with Crippen LogP contribution in [-0.2, 0) is 0 Å². The van der Waals surface area contributed by atoms with Crippen LogP contribution in [0, 0.1) is 4.91 Å². The summed E-state index contributed by atoms with van der Waals surface area (Å²) >= 11 is 0. The summed E-state index contributed by atoms with van der Waals surface area (Å²) < 4.78 is 6.26. The molecule has 0 saturated carbocycles. The number of benzene rings is 1. The molecule has 0 aliphatic heterocycles. The van der Waals surface area contributed by atoms with Crippen molar-refractivity contribution >= 4 is 22.7 Å². The Morgan fingerprint density at radius 3 is 3.04 bits per heavy atom. The molecular weight excluding hydrogens is 296 g/mol. The minimum absolute atomic E-state index is 0.327. The van der Waals surface area contributed by atoms with E-state index in [1.165, 1.54) is 0 Å². The summed E-state index contributed by atoms with van der Waals surface area (Å²) in [6.07, 6.45) is 3.32. The van der Waals surface area contributed by atoms with Crippen molar-refractivity contribution in [3.05, 3.63) is 47.6 Å². The van der Waals surface area contributed by atoms with Crippen molar-refractivity contribution in [2.75, 3.05) is 25.5 Å². The molecule has 1 aromatic carbocycles. The van der Waals surface area contributed by atoms with E-state index in [9.17, 15) is 4.91 Å². The Kier molecular flexibility index (Phi) is 4.44. The van der Waals surface area contributed by atoms with Crippen molar-refractivity contribution in [1.29, 1.82) is 0 Å². The van der Waals surface area contributed by atoms with Crippen LogP contribution < -0.4 is 19.9 Å². The van der Waals surface area contributed by atoms with E-state index in [4.69, 9.17) is 4.74 Å². The molecule has 0 spiro atoms. The van der Waals surface area contributed by atoms with Gasteiger partial charge >= 0.3 is 5.52 Å². The third-order valence-corrected chi connectivity index (χ3v) is 3.15. The summed E-state index contributed by atoms with van der Waals surface area (Å²) in [5.41, 5.74) is 1.70. The smallest absolute Gasteiger partial charge is 0.318 e. The minimum Gasteiger partial charge on any atom is -0.492 e. The Morgan fingerprint density at radius 2 is 2.26 bits per heavy atom. The maximum atomic E-state index is 12.1. The molecule has 0 fully saturated rings. The first-order valence-electron chi connectivity index (χ1n) is 7.17. The zero-order chi connectivity index (χ0) is 16.1. The van der Waals surface area contributed by atoms with Gasteiger partial charge in [-0.1, -0.05) is 5.10 Å². The van der Waals surface area contributed by atoms with Crippen LogP contribution in [0.4, 0.5) is 11.6 Å². The molecule has 0 unspecified atom stereocenters. The maximum Gasteiger partial charge on any atom is 0.318 e. The lowest BCUT2D eigenvalue weighted by Gasteiger charge is -2.05. The summed E-state index contributed by atoms with van der Waals surface area (Å²) in [5, 5.41) is 8.64. The Labute approximate surface area is 132 Å². The molecule has 8 heteroatoms. The molecule has 2 aromatic heterocycles. The number of hydrogen-bond acceptors (Lipinski definition) is 6. The number of nitrogens with zero attached hydrogens (tertiary/aromatic N) is 3. The third-order valence-electron chi connectivity index (χ3n) is 3.15. The van der Waals surface area contributed by atoms with Gasteiger partial charge in [0.2, 0.25) is 0 Å². The van der Waals surface area contributed by atoms with Gasteiger partial charge in [-0.05, 0) is 25.2 Å². The standard InChI is InChI=1S/C15H17N6O2/c1-16-7-8-23-12-4-5-14-13(9-12)19-15(20-21(14)22)18-11-3-2-6-17-10-11/h2-6,9-10,16H,7-8H2,1H3,(H2,18,19,20,22)/q+1. The molecule has 3 N–H and O–H groups in total. The first-order chi connectivity index (χ1) is 11.3. The van der Waals surface area contributed by atoms with Crippen molar-refractivity contribution in [1.82, 2.24) is 20.4 Å². The number of rotatable bonds is 6. The number of likely N-dealkylation sites (N-methyl/N-ethyl adjacent to an activating group) is 1. The Balaban J connectivity index is 1.90. The van der Waals surface area contributed by atoms with Gasteiger partial charge in [0.1, 0.15) is 12.4 Å². The highest BCUT2D eigenvalue weighted by atomic mass is 16.5. The average molecular weight is 313 g/mol. The summed E-state index contributed by atoms with van der Waals surface area (Å²) in [6, 6.07) is 8.79. The number of aromatic nitrogens is 4. The van der Waals surface area contributed by atoms with Gasteiger partial charge in [0.15, 0.2) is 10.1 Å². The number of H-pyrrole nitrogens is 1. The Morgan fingerprint density at radius 1 is 1.35 bits per heavy atom. The van der Waals surface area contributed by atoms with E-state index in [0.717, 1.165) is 12.2 Å². The average Bonchev–Trinajstić information content (AvgIpc) is 2.56. The van der Waals surface area contributed by atoms with Crippen molar-refractivity contribution in [3.8, 4) is 5.75 Å². The molecule has 0 radical (unpaired) electrons. The number of anilines is 2. The van der Waals surface area contributed by atoms with E-state index in [2.05, 4.69) is 25.7 Å². The van der Waals surface area contributed by atoms with Crippen LogP contribution in [0.15, 0.2) is 42.7 Å². The molecule has 0 saturated heterocycles. The predicted octanol–water partition coefficient (Wildman–Crippen LogP) is 1.21. The molecule has 23 heavy (non-hydrogen) atoms. The lowest BCUT2D eigenvalue weighted by Crippen LogP contribution is -2.23. The van der Waals surface area contributed by atoms with Crippen LogP contribution in [0.2, 0.25) is 0 Å². The topological polar surface area (TPSA) is 97.8 Å². The maximum absolute atomic E-state index is 12.1. The van der Waals surface area contributed by atoms with Crippen molar-refractivity contribution in [2.45, 2.75) is 0 Å². The van der Waals surface area contributed by atoms with Crippen LogP contribution in [0.3, 0.4) is 0 Å². The fourth-order valence-electron chi connectivity index (χ4n) is 2.06. The minimum atomic E-state index is 0.327. The molecule has 0 aliphatic carbocycles. The summed E-state index contributed by atoms with van der Waals surface area (Å²) in [5.74, 6) is 0.992. The van der Waals surface area contributed by atoms with Gasteiger partial charge < -0.3 is 15.4 Å². The van der Waals surface area contributed by atoms with Crippen LogP contribution in [0.1, 0.15) is 0 Å². The molecule has 3 rings (SSSR count). The number of hydrogen-bond donors (Lipinski definition) is 3. The fourth-order valence-corrected chi connectivity index (χ4v) is 2.06. The monoisotopic (exact) mass is 313 g/mol. The molecule has 0 bridgehead atoms. The van der Waals surface area contributed by atoms with Crippen LogP contribution in [-0.4, -0.2) is 35.3 Å². The Hall–Kier alpha value is -3.00. The molecule has 3 aromatic rings. The van der Waals surface area contributed by atoms with E-state index in [1.807, 2.05) is 13.1 Å². The predicted molar refractivity (Wildman–Crippen MR) is 86.4 cm³/mol. The van der Waals surface area contributed by atoms with Gasteiger partial charge in [-0.3, -0.25) is 4.98 Å². The van der Waals surface area contributed by atoms with E-state index in [1.54, 1.807) is 36.7 Å². The SMILES string of the molecule is CNCCOc1ccc2c(c1)nc(Nc1cccnc1)[nH][n+]2=O. The van der Waals surface area contributed by atoms with Crippen molar-refractivity contribution in [2.24, 2.45) is 0 Å². The van der Waals surface area contributed by atoms with Gasteiger partial charge in [0.05, 0.1) is 16.8 Å². The second-order valence-electron chi connectivity index (χ2n) is 4.84. The number of ether oxygens (including phenoxy) is 1. The van der Waals surface area contributed by atoms with Gasteiger partial charge in [-0.15, -0.1) is 0 Å². The molecule has 118 valence electrons. The van der Waals surface area contributed by atoms with E-state index in [-0.39, 0.29) is 0 Å². The lowest BCUT2D eigenvalue weighted by atomic mass is 10.3. The van der Waals surface area contributed by atoms with Gasteiger partial charge in [-0.2, -0.15) is 0 Å². The second-order valence-corrected chi connectivity index (χ2v) is 4.84. The molecule has 2 heterocycles. The van der Waals surface area contributed by atoms with Crippen LogP contribution >= 0.6 is 0 Å². The quantitative estimate of drug-likeness (QED) is 0.467. The molecule has 8 nitrogen and oxygen atoms in total. The highest BCUT2D eigenvalue weighted by Gasteiger charge is 2.12. The molecular formula is C15H17N6O2+. The molecule has 0 amide bonds. The summed E-state index contributed by atoms with van der Waals surface area (Å²) in [4.78, 5) is 20.5. The number of aromatic amines is 1. The number of nitrogens with one attached hydrogen (secondary N) is 3. The van der Waals surface area contributed by atoms with Crippen LogP contribution in [0.25, 0.3) is 11.0 Å². The summed E-state index contributed by atoms with van der Waals surface area (Å²) in [7, 11) is 1.86.